The van der Waals surface area contributed by atoms with Gasteiger partial charge in [-0.15, -0.1) is 0 Å². The molecule has 0 fully saturated rings. The fourth-order valence-corrected chi connectivity index (χ4v) is 2.41. The maximum absolute atomic E-state index is 5.94. The molecule has 2 heterocycles. The number of fused-ring (bicyclic) bond motifs is 1. The third-order valence-corrected chi connectivity index (χ3v) is 3.35. The van der Waals surface area contributed by atoms with Gasteiger partial charge in [-0.2, -0.15) is 0 Å². The average molecular weight is 255 g/mol. The number of hydrogen-bond acceptors (Lipinski definition) is 3. The third-order valence-electron chi connectivity index (χ3n) is 3.35. The molecule has 0 saturated heterocycles. The van der Waals surface area contributed by atoms with Crippen molar-refractivity contribution in [2.75, 3.05) is 7.05 Å². The van der Waals surface area contributed by atoms with Crippen LogP contribution in [0.15, 0.2) is 45.4 Å². The van der Waals surface area contributed by atoms with Gasteiger partial charge < -0.3 is 14.2 Å². The molecule has 0 aliphatic rings. The molecule has 1 aromatic carbocycles. The Morgan fingerprint density at radius 2 is 1.95 bits per heavy atom. The highest BCUT2D eigenvalue weighted by molar-refractivity contribution is 5.78. The minimum absolute atomic E-state index is 0.0187. The molecule has 0 spiro atoms. The molecule has 3 aromatic rings. The van der Waals surface area contributed by atoms with E-state index in [1.807, 2.05) is 26.1 Å². The second kappa shape index (κ2) is 4.59. The van der Waals surface area contributed by atoms with Gasteiger partial charge >= 0.3 is 0 Å². The van der Waals surface area contributed by atoms with E-state index in [-0.39, 0.29) is 6.04 Å². The fraction of sp³-hybridized carbons (Fsp3) is 0.250. The molecule has 19 heavy (non-hydrogen) atoms. The lowest BCUT2D eigenvalue weighted by molar-refractivity contribution is 0.483. The largest absolute Gasteiger partial charge is 0.469 e. The maximum Gasteiger partial charge on any atom is 0.134 e. The standard InChI is InChI=1S/C16H17NO2/c1-10-4-5-14-12(6-10)8-15(19-14)16(17-3)13-7-11(2)18-9-13/h4-9,16-17H,1-3H3. The summed E-state index contributed by atoms with van der Waals surface area (Å²) < 4.78 is 11.3. The summed E-state index contributed by atoms with van der Waals surface area (Å²) in [5, 5.41) is 4.40. The van der Waals surface area contributed by atoms with Crippen LogP contribution in [-0.4, -0.2) is 7.05 Å². The van der Waals surface area contributed by atoms with Crippen LogP contribution in [0.25, 0.3) is 11.0 Å². The highest BCUT2D eigenvalue weighted by Gasteiger charge is 2.18. The van der Waals surface area contributed by atoms with Gasteiger partial charge in [0, 0.05) is 10.9 Å². The zero-order valence-corrected chi connectivity index (χ0v) is 11.4. The van der Waals surface area contributed by atoms with Crippen LogP contribution in [0, 0.1) is 13.8 Å². The Labute approximate surface area is 112 Å². The molecule has 0 amide bonds. The molecule has 0 aliphatic heterocycles. The lowest BCUT2D eigenvalue weighted by atomic mass is 10.1. The van der Waals surface area contributed by atoms with Gasteiger partial charge in [0.05, 0.1) is 12.3 Å². The van der Waals surface area contributed by atoms with Crippen LogP contribution in [0.4, 0.5) is 0 Å². The first kappa shape index (κ1) is 12.1. The third kappa shape index (κ3) is 2.17. The highest BCUT2D eigenvalue weighted by Crippen LogP contribution is 2.29. The Morgan fingerprint density at radius 1 is 1.11 bits per heavy atom. The smallest absolute Gasteiger partial charge is 0.134 e. The van der Waals surface area contributed by atoms with Crippen molar-refractivity contribution in [1.29, 1.82) is 0 Å². The first-order valence-corrected chi connectivity index (χ1v) is 6.40. The molecule has 98 valence electrons. The molecule has 1 N–H and O–H groups in total. The van der Waals surface area contributed by atoms with Crippen LogP contribution in [0.3, 0.4) is 0 Å². The van der Waals surface area contributed by atoms with Gasteiger partial charge in [-0.1, -0.05) is 11.6 Å². The molecule has 2 aromatic heterocycles. The van der Waals surface area contributed by atoms with Crippen molar-refractivity contribution in [3.63, 3.8) is 0 Å². The van der Waals surface area contributed by atoms with Crippen molar-refractivity contribution >= 4 is 11.0 Å². The summed E-state index contributed by atoms with van der Waals surface area (Å²) in [7, 11) is 1.92. The summed E-state index contributed by atoms with van der Waals surface area (Å²) in [5.41, 5.74) is 3.23. The van der Waals surface area contributed by atoms with Gasteiger partial charge in [-0.25, -0.2) is 0 Å². The first-order valence-electron chi connectivity index (χ1n) is 6.40. The van der Waals surface area contributed by atoms with Crippen LogP contribution in [-0.2, 0) is 0 Å². The summed E-state index contributed by atoms with van der Waals surface area (Å²) >= 11 is 0. The number of furan rings is 2. The Balaban J connectivity index is 2.06. The van der Waals surface area contributed by atoms with E-state index in [1.165, 1.54) is 5.56 Å². The monoisotopic (exact) mass is 255 g/mol. The number of benzene rings is 1. The van der Waals surface area contributed by atoms with Crippen LogP contribution >= 0.6 is 0 Å². The van der Waals surface area contributed by atoms with E-state index in [9.17, 15) is 0 Å². The van der Waals surface area contributed by atoms with E-state index in [4.69, 9.17) is 8.83 Å². The fourth-order valence-electron chi connectivity index (χ4n) is 2.41. The minimum atomic E-state index is 0.0187. The first-order chi connectivity index (χ1) is 9.17. The molecule has 3 heteroatoms. The van der Waals surface area contributed by atoms with Crippen molar-refractivity contribution in [2.24, 2.45) is 0 Å². The number of nitrogens with one attached hydrogen (secondary N) is 1. The Morgan fingerprint density at radius 3 is 2.63 bits per heavy atom. The molecule has 3 nitrogen and oxygen atoms in total. The summed E-state index contributed by atoms with van der Waals surface area (Å²) in [6.07, 6.45) is 1.77. The Hall–Kier alpha value is -2.00. The summed E-state index contributed by atoms with van der Waals surface area (Å²) in [4.78, 5) is 0. The van der Waals surface area contributed by atoms with Crippen LogP contribution < -0.4 is 5.32 Å². The van der Waals surface area contributed by atoms with E-state index in [2.05, 4.69) is 30.4 Å². The normalized spacial score (nSPS) is 13.0. The molecule has 0 aliphatic carbocycles. The maximum atomic E-state index is 5.94. The Kier molecular flexibility index (Phi) is 2.91. The van der Waals surface area contributed by atoms with Crippen LogP contribution in [0.2, 0.25) is 0 Å². The molecule has 0 saturated carbocycles. The minimum Gasteiger partial charge on any atom is -0.469 e. The second-order valence-corrected chi connectivity index (χ2v) is 4.90. The molecular formula is C16H17NO2. The predicted molar refractivity (Wildman–Crippen MR) is 75.3 cm³/mol. The average Bonchev–Trinajstić information content (AvgIpc) is 2.96. The van der Waals surface area contributed by atoms with E-state index in [0.717, 1.165) is 28.1 Å². The predicted octanol–water partition coefficient (Wildman–Crippen LogP) is 3.95. The van der Waals surface area contributed by atoms with Gasteiger partial charge in [0.1, 0.15) is 17.1 Å². The van der Waals surface area contributed by atoms with Gasteiger partial charge in [0.25, 0.3) is 0 Å². The zero-order chi connectivity index (χ0) is 13.4. The Bertz CT molecular complexity index is 708. The molecule has 1 atom stereocenters. The van der Waals surface area contributed by atoms with E-state index < -0.39 is 0 Å². The highest BCUT2D eigenvalue weighted by atomic mass is 16.3. The zero-order valence-electron chi connectivity index (χ0n) is 11.4. The lowest BCUT2D eigenvalue weighted by Crippen LogP contribution is -2.16. The van der Waals surface area contributed by atoms with E-state index in [0.29, 0.717) is 0 Å². The number of aryl methyl sites for hydroxylation is 2. The lowest BCUT2D eigenvalue weighted by Gasteiger charge is -2.10. The van der Waals surface area contributed by atoms with Gasteiger partial charge in [0.15, 0.2) is 0 Å². The van der Waals surface area contributed by atoms with Crippen LogP contribution in [0.5, 0.6) is 0 Å². The molecule has 0 radical (unpaired) electrons. The van der Waals surface area contributed by atoms with Gasteiger partial charge in [0.2, 0.25) is 0 Å². The molecule has 1 unspecified atom stereocenters. The van der Waals surface area contributed by atoms with Gasteiger partial charge in [-0.3, -0.25) is 0 Å². The van der Waals surface area contributed by atoms with Crippen molar-refractivity contribution < 1.29 is 8.83 Å². The second-order valence-electron chi connectivity index (χ2n) is 4.90. The SMILES string of the molecule is CNC(c1coc(C)c1)c1cc2cc(C)ccc2o1. The molecular weight excluding hydrogens is 238 g/mol. The number of hydrogen-bond donors (Lipinski definition) is 1. The summed E-state index contributed by atoms with van der Waals surface area (Å²) in [6.45, 7) is 4.03. The van der Waals surface area contributed by atoms with Crippen molar-refractivity contribution in [1.82, 2.24) is 5.32 Å². The molecule has 0 bridgehead atoms. The van der Waals surface area contributed by atoms with Crippen molar-refractivity contribution in [3.8, 4) is 0 Å². The quantitative estimate of drug-likeness (QED) is 0.770. The van der Waals surface area contributed by atoms with E-state index >= 15 is 0 Å². The number of rotatable bonds is 3. The van der Waals surface area contributed by atoms with Crippen molar-refractivity contribution in [3.05, 3.63) is 59.2 Å². The molecule has 3 rings (SSSR count). The van der Waals surface area contributed by atoms with Crippen molar-refractivity contribution in [2.45, 2.75) is 19.9 Å². The van der Waals surface area contributed by atoms with E-state index in [1.54, 1.807) is 6.26 Å². The summed E-state index contributed by atoms with van der Waals surface area (Å²) in [6, 6.07) is 10.3. The van der Waals surface area contributed by atoms with Crippen LogP contribution in [0.1, 0.15) is 28.7 Å². The topological polar surface area (TPSA) is 38.3 Å². The summed E-state index contributed by atoms with van der Waals surface area (Å²) in [5.74, 6) is 1.81. The van der Waals surface area contributed by atoms with Gasteiger partial charge in [-0.05, 0) is 45.2 Å².